The van der Waals surface area contributed by atoms with Crippen molar-refractivity contribution in [2.24, 2.45) is 0 Å². The van der Waals surface area contributed by atoms with Crippen molar-refractivity contribution in [2.45, 2.75) is 31.1 Å². The van der Waals surface area contributed by atoms with E-state index < -0.39 is 0 Å². The molecule has 0 aliphatic heterocycles. The third-order valence-electron chi connectivity index (χ3n) is 5.39. The second-order valence-electron chi connectivity index (χ2n) is 6.77. The van der Waals surface area contributed by atoms with Crippen molar-refractivity contribution in [3.05, 3.63) is 70.3 Å². The summed E-state index contributed by atoms with van der Waals surface area (Å²) in [6.07, 6.45) is 1.18. The van der Waals surface area contributed by atoms with E-state index in [1.165, 1.54) is 34.2 Å². The Kier molecular flexibility index (Phi) is 2.90. The number of hydrogen-bond acceptors (Lipinski definition) is 1. The molecule has 0 aromatic heterocycles. The van der Waals surface area contributed by atoms with Crippen LogP contribution in [0.5, 0.6) is 0 Å². The van der Waals surface area contributed by atoms with E-state index in [4.69, 9.17) is 0 Å². The monoisotopic (exact) mass is 291 g/mol. The highest BCUT2D eigenvalue weighted by Gasteiger charge is 2.43. The average molecular weight is 291 g/mol. The highest BCUT2D eigenvalue weighted by Crippen LogP contribution is 2.57. The Bertz CT molecular complexity index is 762. The van der Waals surface area contributed by atoms with Gasteiger partial charge in [-0.1, -0.05) is 42.5 Å². The summed E-state index contributed by atoms with van der Waals surface area (Å²) in [6, 6.07) is 15.3. The van der Waals surface area contributed by atoms with E-state index in [0.717, 1.165) is 0 Å². The lowest BCUT2D eigenvalue weighted by molar-refractivity contribution is -0.129. The van der Waals surface area contributed by atoms with E-state index in [9.17, 15) is 4.79 Å². The summed E-state index contributed by atoms with van der Waals surface area (Å²) < 4.78 is 0. The summed E-state index contributed by atoms with van der Waals surface area (Å²) >= 11 is 0. The number of nitrogens with zero attached hydrogens (tertiary/aromatic N) is 1. The lowest BCUT2D eigenvalue weighted by Gasteiger charge is -2.25. The predicted octanol–water partition coefficient (Wildman–Crippen LogP) is 3.86. The molecule has 0 saturated carbocycles. The largest absolute Gasteiger partial charge is 0.348 e. The first-order valence-corrected chi connectivity index (χ1v) is 8.02. The summed E-state index contributed by atoms with van der Waals surface area (Å²) in [5, 5.41) is 0. The van der Waals surface area contributed by atoms with Crippen LogP contribution in [0.15, 0.2) is 42.5 Å². The number of hydrogen-bond donors (Lipinski definition) is 0. The van der Waals surface area contributed by atoms with Crippen LogP contribution in [0.25, 0.3) is 0 Å². The molecule has 2 aliphatic rings. The number of carbonyl (C=O) groups excluding carboxylic acids is 1. The molecule has 2 nitrogen and oxygen atoms in total. The normalized spacial score (nSPS) is 22.1. The first kappa shape index (κ1) is 13.6. The maximum Gasteiger partial charge on any atom is 0.229 e. The quantitative estimate of drug-likeness (QED) is 0.823. The van der Waals surface area contributed by atoms with Crippen molar-refractivity contribution in [1.82, 2.24) is 4.90 Å². The molecule has 2 bridgehead atoms. The maximum atomic E-state index is 12.4. The molecule has 3 unspecified atom stereocenters. The van der Waals surface area contributed by atoms with Crippen molar-refractivity contribution in [1.29, 1.82) is 0 Å². The molecule has 0 heterocycles. The van der Waals surface area contributed by atoms with Crippen molar-refractivity contribution < 1.29 is 4.79 Å². The Labute approximate surface area is 131 Å². The number of fused-ring (bicyclic) bond motifs is 8. The third kappa shape index (κ3) is 1.70. The molecule has 2 aromatic carbocycles. The summed E-state index contributed by atoms with van der Waals surface area (Å²) in [6.45, 7) is 2.04. The zero-order valence-corrected chi connectivity index (χ0v) is 13.3. The van der Waals surface area contributed by atoms with E-state index in [2.05, 4.69) is 42.5 Å². The van der Waals surface area contributed by atoms with Crippen LogP contribution in [0.3, 0.4) is 0 Å². The van der Waals surface area contributed by atoms with Gasteiger partial charge in [-0.05, 0) is 41.2 Å². The standard InChI is InChI=1S/C20H21NO/c1-12(20(22)21(2)3)13-9-6-10-16-17-11-18(19(13)16)15-8-5-4-7-14(15)17/h4-10,12,17-18H,11H2,1-3H3. The Morgan fingerprint density at radius 1 is 1.00 bits per heavy atom. The van der Waals surface area contributed by atoms with Gasteiger partial charge in [0.1, 0.15) is 0 Å². The molecule has 2 heteroatoms. The molecule has 0 fully saturated rings. The van der Waals surface area contributed by atoms with Gasteiger partial charge < -0.3 is 4.90 Å². The second kappa shape index (κ2) is 4.70. The number of rotatable bonds is 2. The third-order valence-corrected chi connectivity index (χ3v) is 5.39. The van der Waals surface area contributed by atoms with Crippen LogP contribution in [-0.2, 0) is 4.79 Å². The van der Waals surface area contributed by atoms with Crippen molar-refractivity contribution in [3.63, 3.8) is 0 Å². The zero-order valence-electron chi connectivity index (χ0n) is 13.3. The molecule has 4 rings (SSSR count). The summed E-state index contributed by atoms with van der Waals surface area (Å²) in [4.78, 5) is 14.1. The van der Waals surface area contributed by atoms with Gasteiger partial charge >= 0.3 is 0 Å². The molecule has 3 atom stereocenters. The molecular formula is C20H21NO. The van der Waals surface area contributed by atoms with Crippen LogP contribution in [0, 0.1) is 0 Å². The summed E-state index contributed by atoms with van der Waals surface area (Å²) in [7, 11) is 3.67. The van der Waals surface area contributed by atoms with Gasteiger partial charge in [-0.3, -0.25) is 4.79 Å². The van der Waals surface area contributed by atoms with Gasteiger partial charge in [-0.2, -0.15) is 0 Å². The van der Waals surface area contributed by atoms with Crippen LogP contribution in [0.4, 0.5) is 0 Å². The van der Waals surface area contributed by atoms with E-state index in [-0.39, 0.29) is 11.8 Å². The Morgan fingerprint density at radius 2 is 1.64 bits per heavy atom. The molecule has 0 saturated heterocycles. The minimum absolute atomic E-state index is 0.0727. The summed E-state index contributed by atoms with van der Waals surface area (Å²) in [5.41, 5.74) is 7.05. The molecule has 2 aliphatic carbocycles. The average Bonchev–Trinajstić information content (AvgIpc) is 3.10. The molecule has 0 spiro atoms. The van der Waals surface area contributed by atoms with Crippen LogP contribution < -0.4 is 0 Å². The second-order valence-corrected chi connectivity index (χ2v) is 6.77. The minimum atomic E-state index is -0.0727. The number of carbonyl (C=O) groups is 1. The highest BCUT2D eigenvalue weighted by atomic mass is 16.2. The topological polar surface area (TPSA) is 20.3 Å². The number of benzene rings is 2. The van der Waals surface area contributed by atoms with Gasteiger partial charge in [-0.15, -0.1) is 0 Å². The van der Waals surface area contributed by atoms with Gasteiger partial charge in [0.25, 0.3) is 0 Å². The van der Waals surface area contributed by atoms with E-state index in [0.29, 0.717) is 11.8 Å². The lowest BCUT2D eigenvalue weighted by atomic mass is 9.80. The van der Waals surface area contributed by atoms with Gasteiger partial charge in [0, 0.05) is 25.9 Å². The van der Waals surface area contributed by atoms with Gasteiger partial charge in [0.05, 0.1) is 5.92 Å². The number of amides is 1. The molecule has 112 valence electrons. The van der Waals surface area contributed by atoms with E-state index in [1.807, 2.05) is 21.0 Å². The molecule has 2 aromatic rings. The van der Waals surface area contributed by atoms with Crippen molar-refractivity contribution in [2.75, 3.05) is 14.1 Å². The molecule has 0 radical (unpaired) electrons. The van der Waals surface area contributed by atoms with Crippen LogP contribution >= 0.6 is 0 Å². The Balaban J connectivity index is 1.84. The molecular weight excluding hydrogens is 270 g/mol. The first-order valence-electron chi connectivity index (χ1n) is 8.02. The Hall–Kier alpha value is -2.09. The van der Waals surface area contributed by atoms with Crippen molar-refractivity contribution in [3.8, 4) is 0 Å². The van der Waals surface area contributed by atoms with Crippen LogP contribution in [0.2, 0.25) is 0 Å². The fraction of sp³-hybridized carbons (Fsp3) is 0.350. The fourth-order valence-electron chi connectivity index (χ4n) is 4.41. The van der Waals surface area contributed by atoms with Gasteiger partial charge in [-0.25, -0.2) is 0 Å². The minimum Gasteiger partial charge on any atom is -0.348 e. The number of likely N-dealkylation sites (N-methyl/N-ethyl adjacent to an activating group) is 1. The van der Waals surface area contributed by atoms with Gasteiger partial charge in [0.15, 0.2) is 0 Å². The van der Waals surface area contributed by atoms with E-state index in [1.54, 1.807) is 4.90 Å². The van der Waals surface area contributed by atoms with Gasteiger partial charge in [0.2, 0.25) is 5.91 Å². The molecule has 0 N–H and O–H groups in total. The predicted molar refractivity (Wildman–Crippen MR) is 88.3 cm³/mol. The lowest BCUT2D eigenvalue weighted by Crippen LogP contribution is -2.27. The molecule has 22 heavy (non-hydrogen) atoms. The fourth-order valence-corrected chi connectivity index (χ4v) is 4.41. The van der Waals surface area contributed by atoms with Crippen LogP contribution in [-0.4, -0.2) is 24.9 Å². The maximum absolute atomic E-state index is 12.4. The summed E-state index contributed by atoms with van der Waals surface area (Å²) in [5.74, 6) is 1.11. The first-order chi connectivity index (χ1) is 10.6. The van der Waals surface area contributed by atoms with E-state index >= 15 is 0 Å². The highest BCUT2D eigenvalue weighted by molar-refractivity contribution is 5.84. The zero-order chi connectivity index (χ0) is 15.4. The van der Waals surface area contributed by atoms with Crippen molar-refractivity contribution >= 4 is 5.91 Å². The smallest absolute Gasteiger partial charge is 0.229 e. The molecule has 1 amide bonds. The Morgan fingerprint density at radius 3 is 2.32 bits per heavy atom. The van der Waals surface area contributed by atoms with Crippen LogP contribution in [0.1, 0.15) is 58.9 Å². The SMILES string of the molecule is CC(C(=O)N(C)C)c1cccc2c1C1CC2c2ccccc21.